The van der Waals surface area contributed by atoms with Gasteiger partial charge < -0.3 is 9.80 Å². The highest BCUT2D eigenvalue weighted by atomic mass is 35.5. The summed E-state index contributed by atoms with van der Waals surface area (Å²) in [5.74, 6) is 0.838. The van der Waals surface area contributed by atoms with Crippen molar-refractivity contribution in [2.75, 3.05) is 31.1 Å². The molecule has 0 spiro atoms. The monoisotopic (exact) mass is 352 g/mol. The highest BCUT2D eigenvalue weighted by Gasteiger charge is 2.20. The van der Waals surface area contributed by atoms with E-state index < -0.39 is 0 Å². The predicted molar refractivity (Wildman–Crippen MR) is 98.2 cm³/mol. The maximum atomic E-state index is 12.3. The van der Waals surface area contributed by atoms with Crippen LogP contribution in [0.15, 0.2) is 48.7 Å². The van der Waals surface area contributed by atoms with E-state index in [1.165, 1.54) is 0 Å². The average Bonchev–Trinajstić information content (AvgIpc) is 2.67. The molecule has 0 bridgehead atoms. The van der Waals surface area contributed by atoms with E-state index in [0.29, 0.717) is 23.7 Å². The van der Waals surface area contributed by atoms with Gasteiger partial charge in [0.1, 0.15) is 11.9 Å². The van der Waals surface area contributed by atoms with E-state index >= 15 is 0 Å². The van der Waals surface area contributed by atoms with Crippen molar-refractivity contribution in [1.82, 2.24) is 9.88 Å². The molecule has 6 heteroatoms. The van der Waals surface area contributed by atoms with Gasteiger partial charge in [0.05, 0.1) is 5.56 Å². The van der Waals surface area contributed by atoms with Gasteiger partial charge in [-0.3, -0.25) is 4.79 Å². The number of hydrogen-bond acceptors (Lipinski definition) is 4. The quantitative estimate of drug-likeness (QED) is 0.797. The number of rotatable bonds is 3. The Morgan fingerprint density at radius 3 is 2.44 bits per heavy atom. The second-order valence-electron chi connectivity index (χ2n) is 5.71. The highest BCUT2D eigenvalue weighted by Crippen LogP contribution is 2.15. The normalized spacial score (nSPS) is 14.6. The van der Waals surface area contributed by atoms with Gasteiger partial charge in [0, 0.05) is 43.5 Å². The molecule has 25 heavy (non-hydrogen) atoms. The average molecular weight is 353 g/mol. The van der Waals surface area contributed by atoms with E-state index in [-0.39, 0.29) is 5.91 Å². The first-order chi connectivity index (χ1) is 12.2. The molecular formula is C19H17ClN4O. The highest BCUT2D eigenvalue weighted by molar-refractivity contribution is 6.30. The lowest BCUT2D eigenvalue weighted by Crippen LogP contribution is -2.48. The fraction of sp³-hybridized carbons (Fsp3) is 0.211. The van der Waals surface area contributed by atoms with Crippen LogP contribution in [0.5, 0.6) is 0 Å². The number of piperazine rings is 1. The first-order valence-corrected chi connectivity index (χ1v) is 8.37. The Morgan fingerprint density at radius 1 is 1.12 bits per heavy atom. The number of halogens is 1. The Bertz CT molecular complexity index is 801. The van der Waals surface area contributed by atoms with Crippen molar-refractivity contribution < 1.29 is 4.79 Å². The summed E-state index contributed by atoms with van der Waals surface area (Å²) in [6.45, 7) is 2.73. The summed E-state index contributed by atoms with van der Waals surface area (Å²) in [6.07, 6.45) is 4.97. The fourth-order valence-electron chi connectivity index (χ4n) is 2.64. The van der Waals surface area contributed by atoms with E-state index in [0.717, 1.165) is 24.5 Å². The number of nitrogens with zero attached hydrogens (tertiary/aromatic N) is 4. The summed E-state index contributed by atoms with van der Waals surface area (Å²) in [6, 6.07) is 13.0. The van der Waals surface area contributed by atoms with Gasteiger partial charge in [-0.05, 0) is 35.9 Å². The molecule has 1 aromatic heterocycles. The van der Waals surface area contributed by atoms with Crippen LogP contribution >= 0.6 is 11.6 Å². The van der Waals surface area contributed by atoms with E-state index in [9.17, 15) is 4.79 Å². The van der Waals surface area contributed by atoms with Gasteiger partial charge in [0.15, 0.2) is 0 Å². The molecule has 2 aromatic rings. The number of pyridine rings is 1. The Morgan fingerprint density at radius 2 is 1.84 bits per heavy atom. The number of hydrogen-bond donors (Lipinski definition) is 0. The molecule has 0 atom stereocenters. The second-order valence-corrected chi connectivity index (χ2v) is 6.15. The van der Waals surface area contributed by atoms with Crippen LogP contribution in [0.1, 0.15) is 11.1 Å². The lowest BCUT2D eigenvalue weighted by Gasteiger charge is -2.34. The van der Waals surface area contributed by atoms with Gasteiger partial charge in [-0.1, -0.05) is 23.7 Å². The van der Waals surface area contributed by atoms with Gasteiger partial charge in [0.2, 0.25) is 5.91 Å². The van der Waals surface area contributed by atoms with E-state index in [1.54, 1.807) is 36.5 Å². The van der Waals surface area contributed by atoms with E-state index in [1.807, 2.05) is 23.1 Å². The Balaban J connectivity index is 1.55. The number of amides is 1. The number of carbonyl (C=O) groups excluding carboxylic acids is 1. The maximum absolute atomic E-state index is 12.3. The largest absolute Gasteiger partial charge is 0.353 e. The van der Waals surface area contributed by atoms with Crippen molar-refractivity contribution in [2.24, 2.45) is 0 Å². The molecular weight excluding hydrogens is 336 g/mol. The number of anilines is 1. The second kappa shape index (κ2) is 7.82. The molecule has 0 N–H and O–H groups in total. The molecule has 0 radical (unpaired) electrons. The van der Waals surface area contributed by atoms with Crippen LogP contribution in [-0.4, -0.2) is 42.0 Å². The molecule has 5 nitrogen and oxygen atoms in total. The van der Waals surface area contributed by atoms with Gasteiger partial charge in [-0.25, -0.2) is 4.98 Å². The molecule has 1 amide bonds. The molecule has 126 valence electrons. The first-order valence-electron chi connectivity index (χ1n) is 7.99. The summed E-state index contributed by atoms with van der Waals surface area (Å²) in [5.41, 5.74) is 1.49. The minimum atomic E-state index is 0.00221. The van der Waals surface area contributed by atoms with Crippen LogP contribution < -0.4 is 4.90 Å². The first kappa shape index (κ1) is 17.0. The Hall–Kier alpha value is -2.84. The van der Waals surface area contributed by atoms with Crippen LogP contribution in [0, 0.1) is 11.3 Å². The van der Waals surface area contributed by atoms with Crippen LogP contribution in [-0.2, 0) is 4.79 Å². The van der Waals surface area contributed by atoms with Crippen molar-refractivity contribution in [1.29, 1.82) is 5.26 Å². The zero-order valence-electron chi connectivity index (χ0n) is 13.6. The minimum absolute atomic E-state index is 0.00221. The third-order valence-electron chi connectivity index (χ3n) is 4.08. The van der Waals surface area contributed by atoms with Gasteiger partial charge in [0.25, 0.3) is 0 Å². The SMILES string of the molecule is N#Cc1ccc(N2CCN(C(=O)/C=C/c3ccc(Cl)cc3)CC2)nc1. The lowest BCUT2D eigenvalue weighted by molar-refractivity contribution is -0.126. The number of carbonyl (C=O) groups is 1. The third kappa shape index (κ3) is 4.37. The standard InChI is InChI=1S/C19H17ClN4O/c20-17-5-1-15(2-6-17)4-8-19(25)24-11-9-23(10-12-24)18-7-3-16(13-21)14-22-18/h1-8,14H,9-12H2/b8-4+. The molecule has 1 fully saturated rings. The lowest BCUT2D eigenvalue weighted by atomic mass is 10.2. The Labute approximate surface area is 151 Å². The number of nitriles is 1. The van der Waals surface area contributed by atoms with Crippen molar-refractivity contribution in [2.45, 2.75) is 0 Å². The van der Waals surface area contributed by atoms with E-state index in [2.05, 4.69) is 16.0 Å². The summed E-state index contributed by atoms with van der Waals surface area (Å²) in [7, 11) is 0. The molecule has 1 aromatic carbocycles. The van der Waals surface area contributed by atoms with Crippen LogP contribution in [0.3, 0.4) is 0 Å². The van der Waals surface area contributed by atoms with Gasteiger partial charge >= 0.3 is 0 Å². The predicted octanol–water partition coefficient (Wildman–Crippen LogP) is 2.97. The molecule has 0 unspecified atom stereocenters. The third-order valence-corrected chi connectivity index (χ3v) is 4.33. The molecule has 1 saturated heterocycles. The Kier molecular flexibility index (Phi) is 5.32. The van der Waals surface area contributed by atoms with E-state index in [4.69, 9.17) is 16.9 Å². The van der Waals surface area contributed by atoms with Crippen molar-refractivity contribution >= 4 is 29.4 Å². The van der Waals surface area contributed by atoms with Crippen LogP contribution in [0.2, 0.25) is 5.02 Å². The topological polar surface area (TPSA) is 60.2 Å². The van der Waals surface area contributed by atoms with Gasteiger partial charge in [-0.2, -0.15) is 5.26 Å². The summed E-state index contributed by atoms with van der Waals surface area (Å²) >= 11 is 5.85. The molecule has 1 aliphatic heterocycles. The van der Waals surface area contributed by atoms with Crippen LogP contribution in [0.4, 0.5) is 5.82 Å². The number of benzene rings is 1. The summed E-state index contributed by atoms with van der Waals surface area (Å²) in [5, 5.41) is 9.50. The van der Waals surface area contributed by atoms with Crippen LogP contribution in [0.25, 0.3) is 6.08 Å². The molecule has 1 aliphatic rings. The molecule has 0 aliphatic carbocycles. The molecule has 0 saturated carbocycles. The zero-order valence-corrected chi connectivity index (χ0v) is 14.4. The van der Waals surface area contributed by atoms with Crippen molar-refractivity contribution in [3.63, 3.8) is 0 Å². The minimum Gasteiger partial charge on any atom is -0.353 e. The summed E-state index contributed by atoms with van der Waals surface area (Å²) < 4.78 is 0. The molecule has 3 rings (SSSR count). The fourth-order valence-corrected chi connectivity index (χ4v) is 2.77. The molecule has 2 heterocycles. The van der Waals surface area contributed by atoms with Crippen molar-refractivity contribution in [3.8, 4) is 6.07 Å². The van der Waals surface area contributed by atoms with Gasteiger partial charge in [-0.15, -0.1) is 0 Å². The maximum Gasteiger partial charge on any atom is 0.246 e. The smallest absolute Gasteiger partial charge is 0.246 e. The zero-order chi connectivity index (χ0) is 17.6. The number of aromatic nitrogens is 1. The van der Waals surface area contributed by atoms with Crippen molar-refractivity contribution in [3.05, 3.63) is 64.8 Å². The summed E-state index contributed by atoms with van der Waals surface area (Å²) in [4.78, 5) is 20.6.